The van der Waals surface area contributed by atoms with Crippen LogP contribution in [0, 0.1) is 17.8 Å². The fourth-order valence-electron chi connectivity index (χ4n) is 2.95. The third-order valence-electron chi connectivity index (χ3n) is 4.04. The van der Waals surface area contributed by atoms with E-state index in [1.54, 1.807) is 0 Å². The van der Waals surface area contributed by atoms with Gasteiger partial charge in [0.2, 0.25) is 0 Å². The first-order valence-electron chi connectivity index (χ1n) is 7.37. The second-order valence-electron chi connectivity index (χ2n) is 5.93. The van der Waals surface area contributed by atoms with Crippen LogP contribution < -0.4 is 5.48 Å². The van der Waals surface area contributed by atoms with Crippen molar-refractivity contribution in [3.8, 4) is 0 Å². The van der Waals surface area contributed by atoms with Crippen LogP contribution in [0.2, 0.25) is 0 Å². The van der Waals surface area contributed by atoms with Crippen molar-refractivity contribution in [1.82, 2.24) is 10.5 Å². The number of hydroxylamine groups is 3. The summed E-state index contributed by atoms with van der Waals surface area (Å²) in [4.78, 5) is 0. The summed E-state index contributed by atoms with van der Waals surface area (Å²) in [7, 11) is 0. The van der Waals surface area contributed by atoms with Crippen LogP contribution in [0.5, 0.6) is 0 Å². The van der Waals surface area contributed by atoms with E-state index >= 15 is 0 Å². The highest BCUT2D eigenvalue weighted by Crippen LogP contribution is 2.37. The molecule has 0 aliphatic heterocycles. The molecule has 5 nitrogen and oxygen atoms in total. The number of rotatable bonds is 10. The lowest BCUT2D eigenvalue weighted by Crippen LogP contribution is -2.66. The molecule has 0 aliphatic rings. The molecular formula is C14H32N2O3. The van der Waals surface area contributed by atoms with Gasteiger partial charge in [0.25, 0.3) is 0 Å². The number of aliphatic hydroxyl groups is 1. The van der Waals surface area contributed by atoms with Crippen LogP contribution in [0.25, 0.3) is 0 Å². The largest absolute Gasteiger partial charge is 0.395 e. The maximum Gasteiger partial charge on any atom is 0.123 e. The van der Waals surface area contributed by atoms with Crippen molar-refractivity contribution in [2.24, 2.45) is 17.8 Å². The Balaban J connectivity index is 5.36. The van der Waals surface area contributed by atoms with E-state index in [4.69, 9.17) is 5.11 Å². The SMILES string of the molecule is CCCCC(C(C)C)C(NO)(C(C)C)N(O)CCO. The second kappa shape index (κ2) is 8.87. The monoisotopic (exact) mass is 276 g/mol. The summed E-state index contributed by atoms with van der Waals surface area (Å²) in [6.45, 7) is 10.2. The Kier molecular flexibility index (Phi) is 8.78. The van der Waals surface area contributed by atoms with E-state index in [2.05, 4.69) is 26.3 Å². The second-order valence-corrected chi connectivity index (χ2v) is 5.93. The zero-order valence-corrected chi connectivity index (χ0v) is 13.1. The summed E-state index contributed by atoms with van der Waals surface area (Å²) in [6.07, 6.45) is 3.04. The van der Waals surface area contributed by atoms with Gasteiger partial charge in [-0.2, -0.15) is 10.5 Å². The molecule has 0 amide bonds. The number of hydrogen-bond acceptors (Lipinski definition) is 5. The zero-order chi connectivity index (χ0) is 15.1. The lowest BCUT2D eigenvalue weighted by atomic mass is 9.74. The molecule has 2 unspecified atom stereocenters. The molecule has 0 aromatic carbocycles. The predicted octanol–water partition coefficient (Wildman–Crippen LogP) is 2.46. The van der Waals surface area contributed by atoms with E-state index < -0.39 is 5.66 Å². The van der Waals surface area contributed by atoms with Crippen molar-refractivity contribution < 1.29 is 15.5 Å². The highest BCUT2D eigenvalue weighted by molar-refractivity contribution is 4.93. The molecule has 0 aromatic rings. The number of unbranched alkanes of at least 4 members (excludes halogenated alkanes) is 1. The Labute approximate surface area is 117 Å². The molecule has 0 aliphatic carbocycles. The first-order chi connectivity index (χ1) is 8.88. The van der Waals surface area contributed by atoms with Crippen molar-refractivity contribution in [3.05, 3.63) is 0 Å². The van der Waals surface area contributed by atoms with Gasteiger partial charge in [0.1, 0.15) is 5.66 Å². The lowest BCUT2D eigenvalue weighted by Gasteiger charge is -2.49. The van der Waals surface area contributed by atoms with Crippen molar-refractivity contribution in [2.75, 3.05) is 13.2 Å². The first kappa shape index (κ1) is 18.8. The Hall–Kier alpha value is -0.200. The molecule has 19 heavy (non-hydrogen) atoms. The molecule has 0 spiro atoms. The Bertz CT molecular complexity index is 237. The fraction of sp³-hybridized carbons (Fsp3) is 1.00. The lowest BCUT2D eigenvalue weighted by molar-refractivity contribution is -0.263. The van der Waals surface area contributed by atoms with E-state index in [0.29, 0.717) is 5.92 Å². The van der Waals surface area contributed by atoms with Gasteiger partial charge in [0.15, 0.2) is 0 Å². The molecule has 5 heteroatoms. The molecule has 2 atom stereocenters. The molecule has 0 fully saturated rings. The van der Waals surface area contributed by atoms with Crippen LogP contribution >= 0.6 is 0 Å². The Morgan fingerprint density at radius 2 is 1.79 bits per heavy atom. The molecule has 0 bridgehead atoms. The summed E-state index contributed by atoms with van der Waals surface area (Å²) in [5.74, 6) is 0.397. The van der Waals surface area contributed by atoms with Crippen LogP contribution in [0.3, 0.4) is 0 Å². The molecule has 0 saturated heterocycles. The van der Waals surface area contributed by atoms with Crippen molar-refractivity contribution in [1.29, 1.82) is 0 Å². The maximum atomic E-state index is 10.3. The van der Waals surface area contributed by atoms with Gasteiger partial charge in [-0.25, -0.2) is 0 Å². The normalized spacial score (nSPS) is 17.2. The molecule has 116 valence electrons. The summed E-state index contributed by atoms with van der Waals surface area (Å²) in [5.41, 5.74) is 1.43. The van der Waals surface area contributed by atoms with Crippen molar-refractivity contribution >= 4 is 0 Å². The summed E-state index contributed by atoms with van der Waals surface area (Å²) < 4.78 is 0. The number of aliphatic hydroxyl groups excluding tert-OH is 1. The van der Waals surface area contributed by atoms with Crippen LogP contribution in [0.1, 0.15) is 53.9 Å². The minimum absolute atomic E-state index is 0.00157. The van der Waals surface area contributed by atoms with Gasteiger partial charge < -0.3 is 15.5 Å². The maximum absolute atomic E-state index is 10.3. The molecule has 4 N–H and O–H groups in total. The van der Waals surface area contributed by atoms with Crippen LogP contribution in [-0.2, 0) is 0 Å². The number of nitrogens with one attached hydrogen (secondary N) is 1. The molecule has 0 aromatic heterocycles. The summed E-state index contributed by atoms with van der Waals surface area (Å²) in [6, 6.07) is 0. The average molecular weight is 276 g/mol. The van der Waals surface area contributed by atoms with Gasteiger partial charge in [0.05, 0.1) is 6.61 Å². The third-order valence-corrected chi connectivity index (χ3v) is 4.04. The molecule has 0 rings (SSSR count). The summed E-state index contributed by atoms with van der Waals surface area (Å²) >= 11 is 0. The van der Waals surface area contributed by atoms with Crippen LogP contribution in [0.4, 0.5) is 0 Å². The van der Waals surface area contributed by atoms with Crippen LogP contribution in [0.15, 0.2) is 0 Å². The standard InChI is InChI=1S/C14H32N2O3/c1-6-7-8-13(11(2)3)14(15-18,12(4)5)16(19)9-10-17/h11-13,15,17-19H,6-10H2,1-5H3. The van der Waals surface area contributed by atoms with Gasteiger partial charge in [-0.1, -0.05) is 47.5 Å². The minimum Gasteiger partial charge on any atom is -0.395 e. The first-order valence-corrected chi connectivity index (χ1v) is 7.37. The number of hydrogen-bond donors (Lipinski definition) is 4. The van der Waals surface area contributed by atoms with E-state index in [1.165, 1.54) is 0 Å². The average Bonchev–Trinajstić information content (AvgIpc) is 2.33. The minimum atomic E-state index is -0.925. The zero-order valence-electron chi connectivity index (χ0n) is 13.1. The fourth-order valence-corrected chi connectivity index (χ4v) is 2.95. The topological polar surface area (TPSA) is 76.0 Å². The Morgan fingerprint density at radius 3 is 2.11 bits per heavy atom. The Morgan fingerprint density at radius 1 is 1.21 bits per heavy atom. The quantitative estimate of drug-likeness (QED) is 0.364. The highest BCUT2D eigenvalue weighted by Gasteiger charge is 2.47. The predicted molar refractivity (Wildman–Crippen MR) is 75.9 cm³/mol. The van der Waals surface area contributed by atoms with Crippen LogP contribution in [-0.4, -0.2) is 39.4 Å². The van der Waals surface area contributed by atoms with E-state index in [1.807, 2.05) is 13.8 Å². The summed E-state index contributed by atoms with van der Waals surface area (Å²) in [5, 5.41) is 30.2. The van der Waals surface area contributed by atoms with E-state index in [0.717, 1.165) is 24.3 Å². The molecular weight excluding hydrogens is 244 g/mol. The molecule has 0 saturated carbocycles. The number of nitrogens with zero attached hydrogens (tertiary/aromatic N) is 1. The van der Waals surface area contributed by atoms with Gasteiger partial charge in [-0.15, -0.1) is 0 Å². The molecule has 0 radical (unpaired) electrons. The smallest absolute Gasteiger partial charge is 0.123 e. The van der Waals surface area contributed by atoms with E-state index in [9.17, 15) is 10.4 Å². The van der Waals surface area contributed by atoms with Crippen molar-refractivity contribution in [3.63, 3.8) is 0 Å². The van der Waals surface area contributed by atoms with Gasteiger partial charge in [-0.05, 0) is 24.2 Å². The van der Waals surface area contributed by atoms with E-state index in [-0.39, 0.29) is 25.0 Å². The van der Waals surface area contributed by atoms with Gasteiger partial charge in [0, 0.05) is 6.54 Å². The third kappa shape index (κ3) is 4.39. The molecule has 0 heterocycles. The van der Waals surface area contributed by atoms with Crippen molar-refractivity contribution in [2.45, 2.75) is 59.5 Å². The highest BCUT2D eigenvalue weighted by atomic mass is 16.5. The van der Waals surface area contributed by atoms with Gasteiger partial charge in [-0.3, -0.25) is 0 Å². The van der Waals surface area contributed by atoms with Gasteiger partial charge >= 0.3 is 0 Å².